The molecule has 0 heterocycles. The summed E-state index contributed by atoms with van der Waals surface area (Å²) in [4.78, 5) is 24.4. The van der Waals surface area contributed by atoms with Gasteiger partial charge in [0.2, 0.25) is 5.91 Å². The maximum atomic E-state index is 13.8. The first-order valence-electron chi connectivity index (χ1n) is 7.97. The van der Waals surface area contributed by atoms with E-state index in [1.807, 2.05) is 13.8 Å². The van der Waals surface area contributed by atoms with Crippen LogP contribution in [0.25, 0.3) is 0 Å². The highest BCUT2D eigenvalue weighted by Gasteiger charge is 2.57. The van der Waals surface area contributed by atoms with Crippen molar-refractivity contribution in [2.75, 3.05) is 5.32 Å². The van der Waals surface area contributed by atoms with E-state index in [0.717, 1.165) is 42.2 Å². The minimum atomic E-state index is -1.01. The Morgan fingerprint density at radius 3 is 2.33 bits per heavy atom. The lowest BCUT2D eigenvalue weighted by Crippen LogP contribution is -2.38. The summed E-state index contributed by atoms with van der Waals surface area (Å²) < 4.78 is 27.0. The number of amides is 1. The molecule has 2 N–H and O–H groups in total. The van der Waals surface area contributed by atoms with Gasteiger partial charge in [-0.15, -0.1) is 0 Å². The molecule has 2 aliphatic rings. The summed E-state index contributed by atoms with van der Waals surface area (Å²) in [6.07, 6.45) is 1.50. The Morgan fingerprint density at radius 2 is 1.75 bits per heavy atom. The third-order valence-electron chi connectivity index (χ3n) is 5.19. The normalized spacial score (nSPS) is 28.1. The minimum Gasteiger partial charge on any atom is -0.481 e. The van der Waals surface area contributed by atoms with Gasteiger partial charge in [0.05, 0.1) is 17.5 Å². The van der Waals surface area contributed by atoms with Crippen molar-refractivity contribution >= 4 is 17.6 Å². The van der Waals surface area contributed by atoms with Crippen molar-refractivity contribution in [3.8, 4) is 0 Å². The van der Waals surface area contributed by atoms with Gasteiger partial charge in [0, 0.05) is 6.07 Å². The number of hydrogen-bond donors (Lipinski definition) is 2. The van der Waals surface area contributed by atoms with Crippen LogP contribution in [-0.4, -0.2) is 17.0 Å². The Bertz CT molecular complexity index is 740. The Kier molecular flexibility index (Phi) is 4.15. The summed E-state index contributed by atoms with van der Waals surface area (Å²) in [6, 6.07) is 2.80. The topological polar surface area (TPSA) is 66.4 Å². The third kappa shape index (κ3) is 2.60. The second-order valence-corrected chi connectivity index (χ2v) is 6.75. The number of hydrogen-bond acceptors (Lipinski definition) is 2. The quantitative estimate of drug-likeness (QED) is 0.830. The van der Waals surface area contributed by atoms with Crippen LogP contribution in [0.2, 0.25) is 0 Å². The van der Waals surface area contributed by atoms with Crippen LogP contribution < -0.4 is 5.32 Å². The summed E-state index contributed by atoms with van der Waals surface area (Å²) >= 11 is 0. The number of aliphatic carboxylic acids is 1. The smallest absolute Gasteiger partial charge is 0.307 e. The second-order valence-electron chi connectivity index (χ2n) is 6.75. The molecule has 4 nitrogen and oxygen atoms in total. The van der Waals surface area contributed by atoms with Crippen LogP contribution in [0.3, 0.4) is 0 Å². The molecule has 4 atom stereocenters. The molecular formula is C18H19F2NO3. The van der Waals surface area contributed by atoms with Crippen molar-refractivity contribution in [2.24, 2.45) is 23.7 Å². The van der Waals surface area contributed by atoms with Crippen LogP contribution in [0.1, 0.15) is 26.7 Å². The van der Waals surface area contributed by atoms with E-state index in [2.05, 4.69) is 5.32 Å². The molecule has 0 spiro atoms. The lowest BCUT2D eigenvalue weighted by molar-refractivity contribution is -0.148. The van der Waals surface area contributed by atoms with Gasteiger partial charge in [-0.2, -0.15) is 0 Å². The molecule has 2 saturated carbocycles. The summed E-state index contributed by atoms with van der Waals surface area (Å²) in [5, 5.41) is 12.0. The van der Waals surface area contributed by atoms with Crippen molar-refractivity contribution in [1.82, 2.24) is 0 Å². The van der Waals surface area contributed by atoms with E-state index in [9.17, 15) is 23.5 Å². The van der Waals surface area contributed by atoms with E-state index in [-0.39, 0.29) is 17.5 Å². The molecule has 6 heteroatoms. The van der Waals surface area contributed by atoms with E-state index in [1.54, 1.807) is 0 Å². The Morgan fingerprint density at radius 1 is 1.12 bits per heavy atom. The standard InChI is InChI=1S/C18H19F2NO3/c1-8(2)14-10-4-5-11(14)16(18(23)24)15(10)17(22)21-13-7-9(19)3-6-12(13)20/h3,6-7,10-11,15-16H,4-5H2,1-2H3,(H,21,22)(H,23,24)/t10-,11-,15-,16-/m1/s1. The predicted octanol–water partition coefficient (Wildman–Crippen LogP) is 3.60. The lowest BCUT2D eigenvalue weighted by Gasteiger charge is -2.26. The molecule has 0 aliphatic heterocycles. The van der Waals surface area contributed by atoms with Crippen molar-refractivity contribution < 1.29 is 23.5 Å². The maximum absolute atomic E-state index is 13.8. The summed E-state index contributed by atoms with van der Waals surface area (Å²) in [6.45, 7) is 3.85. The molecule has 2 fully saturated rings. The van der Waals surface area contributed by atoms with Crippen LogP contribution in [0.4, 0.5) is 14.5 Å². The Labute approximate surface area is 138 Å². The zero-order chi connectivity index (χ0) is 17.6. The van der Waals surface area contributed by atoms with Crippen LogP contribution in [-0.2, 0) is 9.59 Å². The highest BCUT2D eigenvalue weighted by atomic mass is 19.1. The molecule has 1 aromatic rings. The second kappa shape index (κ2) is 6.00. The van der Waals surface area contributed by atoms with Crippen molar-refractivity contribution in [1.29, 1.82) is 0 Å². The van der Waals surface area contributed by atoms with Crippen LogP contribution in [0, 0.1) is 35.3 Å². The molecule has 1 amide bonds. The van der Waals surface area contributed by atoms with Crippen molar-refractivity contribution in [2.45, 2.75) is 26.7 Å². The molecule has 128 valence electrons. The summed E-state index contributed by atoms with van der Waals surface area (Å²) in [5.74, 6) is -4.84. The molecule has 2 bridgehead atoms. The molecule has 3 rings (SSSR count). The van der Waals surface area contributed by atoms with Gasteiger partial charge < -0.3 is 10.4 Å². The fraction of sp³-hybridized carbons (Fsp3) is 0.444. The zero-order valence-electron chi connectivity index (χ0n) is 13.5. The maximum Gasteiger partial charge on any atom is 0.307 e. The lowest BCUT2D eigenvalue weighted by atomic mass is 9.78. The monoisotopic (exact) mass is 335 g/mol. The fourth-order valence-corrected chi connectivity index (χ4v) is 4.41. The molecule has 2 aliphatic carbocycles. The van der Waals surface area contributed by atoms with E-state index in [0.29, 0.717) is 0 Å². The van der Waals surface area contributed by atoms with Crippen LogP contribution in [0.5, 0.6) is 0 Å². The number of allylic oxidation sites excluding steroid dienone is 2. The summed E-state index contributed by atoms with van der Waals surface area (Å²) in [7, 11) is 0. The first kappa shape index (κ1) is 16.6. The van der Waals surface area contributed by atoms with Crippen molar-refractivity contribution in [3.63, 3.8) is 0 Å². The molecular weight excluding hydrogens is 316 g/mol. The highest BCUT2D eigenvalue weighted by Crippen LogP contribution is 2.57. The largest absolute Gasteiger partial charge is 0.481 e. The van der Waals surface area contributed by atoms with E-state index >= 15 is 0 Å². The van der Waals surface area contributed by atoms with Gasteiger partial charge in [0.15, 0.2) is 0 Å². The highest BCUT2D eigenvalue weighted by molar-refractivity contribution is 5.96. The molecule has 0 saturated heterocycles. The number of carboxylic acids is 1. The average Bonchev–Trinajstić information content (AvgIpc) is 3.06. The Balaban J connectivity index is 1.92. The molecule has 24 heavy (non-hydrogen) atoms. The third-order valence-corrected chi connectivity index (χ3v) is 5.19. The number of halogens is 2. The molecule has 0 radical (unpaired) electrons. The van der Waals surface area contributed by atoms with Crippen molar-refractivity contribution in [3.05, 3.63) is 41.0 Å². The van der Waals surface area contributed by atoms with Crippen LogP contribution in [0.15, 0.2) is 29.3 Å². The molecule has 1 aromatic carbocycles. The Hall–Kier alpha value is -2.24. The number of carbonyl (C=O) groups is 2. The SMILES string of the molecule is CC(C)=C1[C@H]2CC[C@H]1[C@@H](C(=O)Nc1cc(F)ccc1F)[C@@H]2C(=O)O. The fourth-order valence-electron chi connectivity index (χ4n) is 4.41. The number of fused-ring (bicyclic) bond motifs is 2. The average molecular weight is 335 g/mol. The van der Waals surface area contributed by atoms with Gasteiger partial charge in [0.25, 0.3) is 0 Å². The zero-order valence-corrected chi connectivity index (χ0v) is 13.5. The molecule has 0 unspecified atom stereocenters. The summed E-state index contributed by atoms with van der Waals surface area (Å²) in [5.41, 5.74) is 1.83. The van der Waals surface area contributed by atoms with E-state index < -0.39 is 35.3 Å². The van der Waals surface area contributed by atoms with Gasteiger partial charge in [-0.05, 0) is 50.7 Å². The predicted molar refractivity (Wildman–Crippen MR) is 84.2 cm³/mol. The number of carbonyl (C=O) groups excluding carboxylic acids is 1. The number of benzene rings is 1. The first-order valence-corrected chi connectivity index (χ1v) is 7.97. The first-order chi connectivity index (χ1) is 11.3. The van der Waals surface area contributed by atoms with Gasteiger partial charge in [-0.1, -0.05) is 11.1 Å². The van der Waals surface area contributed by atoms with E-state index in [1.165, 1.54) is 0 Å². The van der Waals surface area contributed by atoms with Crippen LogP contribution >= 0.6 is 0 Å². The van der Waals surface area contributed by atoms with E-state index in [4.69, 9.17) is 0 Å². The number of anilines is 1. The minimum absolute atomic E-state index is 0.141. The number of nitrogens with one attached hydrogen (secondary N) is 1. The van der Waals surface area contributed by atoms with Gasteiger partial charge in [-0.25, -0.2) is 8.78 Å². The van der Waals surface area contributed by atoms with Gasteiger partial charge in [0.1, 0.15) is 11.6 Å². The van der Waals surface area contributed by atoms with Gasteiger partial charge in [-0.3, -0.25) is 9.59 Å². The van der Waals surface area contributed by atoms with Gasteiger partial charge >= 0.3 is 5.97 Å². The molecule has 0 aromatic heterocycles. The number of rotatable bonds is 3. The number of carboxylic acid groups (broad SMARTS) is 1.